The van der Waals surface area contributed by atoms with Crippen molar-refractivity contribution in [2.24, 2.45) is 17.6 Å². The molecule has 0 spiro atoms. The quantitative estimate of drug-likeness (QED) is 0.221. The molecule has 7 N–H and O–H groups in total. The van der Waals surface area contributed by atoms with Gasteiger partial charge in [0.25, 0.3) is 0 Å². The molecule has 0 radical (unpaired) electrons. The summed E-state index contributed by atoms with van der Waals surface area (Å²) < 4.78 is 0. The summed E-state index contributed by atoms with van der Waals surface area (Å²) in [6.45, 7) is 6.74. The molecule has 11 nitrogen and oxygen atoms in total. The zero-order chi connectivity index (χ0) is 22.7. The van der Waals surface area contributed by atoms with Crippen LogP contribution in [0.4, 0.5) is 0 Å². The average molecular weight is 416 g/mol. The largest absolute Gasteiger partial charge is 0.481 e. The fourth-order valence-electron chi connectivity index (χ4n) is 2.36. The van der Waals surface area contributed by atoms with Crippen LogP contribution in [-0.4, -0.2) is 64.5 Å². The van der Waals surface area contributed by atoms with Gasteiger partial charge in [-0.1, -0.05) is 40.5 Å². The third-order valence-corrected chi connectivity index (χ3v) is 4.79. The van der Waals surface area contributed by atoms with Gasteiger partial charge in [-0.15, -0.1) is 0 Å². The van der Waals surface area contributed by atoms with E-state index in [2.05, 4.69) is 10.6 Å². The Kier molecular flexibility index (Phi) is 11.5. The molecule has 0 bridgehead atoms. The third kappa shape index (κ3) is 9.37. The number of hydrogen-bond acceptors (Lipinski definition) is 6. The Morgan fingerprint density at radius 1 is 0.897 bits per heavy atom. The summed E-state index contributed by atoms with van der Waals surface area (Å²) >= 11 is 0. The molecular formula is C18H32N4O7. The molecule has 5 unspecified atom stereocenters. The van der Waals surface area contributed by atoms with E-state index < -0.39 is 60.8 Å². The SMILES string of the molecule is CCC(C)C(N)C(=O)NC(C(=O)NCC(=O)NC(CC(=O)O)C(=O)O)C(C)CC. The topological polar surface area (TPSA) is 188 Å². The van der Waals surface area contributed by atoms with Crippen LogP contribution in [0.1, 0.15) is 47.0 Å². The number of carbonyl (C=O) groups excluding carboxylic acids is 3. The summed E-state index contributed by atoms with van der Waals surface area (Å²) in [6, 6.07) is -3.32. The van der Waals surface area contributed by atoms with Crippen molar-refractivity contribution in [2.45, 2.75) is 65.1 Å². The standard InChI is InChI=1S/C18H32N4O7/c1-5-9(3)14(19)16(26)22-15(10(4)6-2)17(27)20-8-12(23)21-11(18(28)29)7-13(24)25/h9-11,14-15H,5-8,19H2,1-4H3,(H,20,27)(H,21,23)(H,22,26)(H,24,25)(H,28,29). The van der Waals surface area contributed by atoms with Gasteiger partial charge in [0.2, 0.25) is 17.7 Å². The van der Waals surface area contributed by atoms with Crippen molar-refractivity contribution in [1.82, 2.24) is 16.0 Å². The smallest absolute Gasteiger partial charge is 0.326 e. The van der Waals surface area contributed by atoms with E-state index in [4.69, 9.17) is 15.9 Å². The molecule has 29 heavy (non-hydrogen) atoms. The number of aliphatic carboxylic acids is 2. The van der Waals surface area contributed by atoms with Gasteiger partial charge in [0.05, 0.1) is 19.0 Å². The summed E-state index contributed by atoms with van der Waals surface area (Å²) in [4.78, 5) is 58.3. The van der Waals surface area contributed by atoms with Crippen molar-refractivity contribution in [1.29, 1.82) is 0 Å². The highest BCUT2D eigenvalue weighted by Crippen LogP contribution is 2.10. The van der Waals surface area contributed by atoms with E-state index in [1.807, 2.05) is 26.1 Å². The first-order chi connectivity index (χ1) is 13.4. The van der Waals surface area contributed by atoms with Crippen molar-refractivity contribution in [3.8, 4) is 0 Å². The predicted molar refractivity (Wildman–Crippen MR) is 104 cm³/mol. The maximum absolute atomic E-state index is 12.5. The molecule has 0 fully saturated rings. The lowest BCUT2D eigenvalue weighted by molar-refractivity contribution is -0.147. The van der Waals surface area contributed by atoms with E-state index in [1.54, 1.807) is 6.92 Å². The van der Waals surface area contributed by atoms with Crippen molar-refractivity contribution in [2.75, 3.05) is 6.54 Å². The minimum Gasteiger partial charge on any atom is -0.481 e. The Morgan fingerprint density at radius 3 is 1.90 bits per heavy atom. The number of carboxylic acid groups (broad SMARTS) is 2. The highest BCUT2D eigenvalue weighted by atomic mass is 16.4. The van der Waals surface area contributed by atoms with E-state index in [1.165, 1.54) is 0 Å². The maximum Gasteiger partial charge on any atom is 0.326 e. The van der Waals surface area contributed by atoms with Crippen LogP contribution >= 0.6 is 0 Å². The molecule has 166 valence electrons. The van der Waals surface area contributed by atoms with Crippen LogP contribution in [0.25, 0.3) is 0 Å². The second-order valence-corrected chi connectivity index (χ2v) is 7.06. The zero-order valence-electron chi connectivity index (χ0n) is 17.2. The molecule has 0 heterocycles. The summed E-state index contributed by atoms with van der Waals surface area (Å²) in [5.74, 6) is -5.18. The summed E-state index contributed by atoms with van der Waals surface area (Å²) in [6.07, 6.45) is 0.465. The maximum atomic E-state index is 12.5. The molecule has 0 aliphatic heterocycles. The lowest BCUT2D eigenvalue weighted by atomic mass is 9.95. The fraction of sp³-hybridized carbons (Fsp3) is 0.722. The van der Waals surface area contributed by atoms with Crippen molar-refractivity contribution in [3.05, 3.63) is 0 Å². The first-order valence-electron chi connectivity index (χ1n) is 9.52. The average Bonchev–Trinajstić information content (AvgIpc) is 2.67. The van der Waals surface area contributed by atoms with Crippen LogP contribution in [-0.2, 0) is 24.0 Å². The predicted octanol–water partition coefficient (Wildman–Crippen LogP) is -0.949. The van der Waals surface area contributed by atoms with E-state index >= 15 is 0 Å². The van der Waals surface area contributed by atoms with Gasteiger partial charge in [-0.2, -0.15) is 0 Å². The normalized spacial score (nSPS) is 15.9. The van der Waals surface area contributed by atoms with Gasteiger partial charge in [-0.3, -0.25) is 19.2 Å². The molecule has 0 aromatic rings. The van der Waals surface area contributed by atoms with Gasteiger partial charge in [0.1, 0.15) is 12.1 Å². The van der Waals surface area contributed by atoms with Crippen LogP contribution < -0.4 is 21.7 Å². The molecule has 0 saturated heterocycles. The molecule has 0 aromatic heterocycles. The Hall–Kier alpha value is -2.69. The van der Waals surface area contributed by atoms with E-state index in [-0.39, 0.29) is 11.8 Å². The highest BCUT2D eigenvalue weighted by Gasteiger charge is 2.30. The van der Waals surface area contributed by atoms with E-state index in [9.17, 15) is 24.0 Å². The third-order valence-electron chi connectivity index (χ3n) is 4.79. The Labute approximate surface area is 169 Å². The summed E-state index contributed by atoms with van der Waals surface area (Å²) in [7, 11) is 0. The van der Waals surface area contributed by atoms with Crippen LogP contribution in [0.15, 0.2) is 0 Å². The molecule has 0 aliphatic carbocycles. The highest BCUT2D eigenvalue weighted by molar-refractivity contribution is 5.93. The summed E-state index contributed by atoms with van der Waals surface area (Å²) in [5, 5.41) is 24.6. The molecule has 11 heteroatoms. The van der Waals surface area contributed by atoms with Crippen LogP contribution in [0.2, 0.25) is 0 Å². The molecule has 3 amide bonds. The minimum absolute atomic E-state index is 0.0800. The fourth-order valence-corrected chi connectivity index (χ4v) is 2.36. The molecule has 0 saturated carbocycles. The Morgan fingerprint density at radius 2 is 1.45 bits per heavy atom. The number of carbonyl (C=O) groups is 5. The first kappa shape index (κ1) is 26.3. The van der Waals surface area contributed by atoms with Crippen molar-refractivity contribution >= 4 is 29.7 Å². The van der Waals surface area contributed by atoms with Gasteiger partial charge < -0.3 is 31.9 Å². The Bertz CT molecular complexity index is 611. The lowest BCUT2D eigenvalue weighted by Crippen LogP contribution is -2.56. The number of nitrogens with two attached hydrogens (primary N) is 1. The molecule has 0 aliphatic rings. The Balaban J connectivity index is 4.94. The lowest BCUT2D eigenvalue weighted by Gasteiger charge is -2.26. The van der Waals surface area contributed by atoms with Gasteiger partial charge >= 0.3 is 11.9 Å². The number of amides is 3. The number of rotatable bonds is 13. The van der Waals surface area contributed by atoms with Gasteiger partial charge in [0.15, 0.2) is 0 Å². The monoisotopic (exact) mass is 416 g/mol. The second kappa shape index (κ2) is 12.7. The number of hydrogen-bond donors (Lipinski definition) is 6. The van der Waals surface area contributed by atoms with Gasteiger partial charge in [0, 0.05) is 0 Å². The molecule has 0 aromatic carbocycles. The zero-order valence-corrected chi connectivity index (χ0v) is 17.2. The molecule has 0 rings (SSSR count). The van der Waals surface area contributed by atoms with Crippen LogP contribution in [0, 0.1) is 11.8 Å². The van der Waals surface area contributed by atoms with Gasteiger partial charge in [-0.05, 0) is 11.8 Å². The molecule has 5 atom stereocenters. The summed E-state index contributed by atoms with van der Waals surface area (Å²) in [5.41, 5.74) is 5.89. The van der Waals surface area contributed by atoms with Crippen molar-refractivity contribution in [3.63, 3.8) is 0 Å². The minimum atomic E-state index is -1.62. The van der Waals surface area contributed by atoms with Gasteiger partial charge in [-0.25, -0.2) is 4.79 Å². The number of nitrogens with one attached hydrogen (secondary N) is 3. The first-order valence-corrected chi connectivity index (χ1v) is 9.52. The molecular weight excluding hydrogens is 384 g/mol. The van der Waals surface area contributed by atoms with Crippen LogP contribution in [0.3, 0.4) is 0 Å². The second-order valence-electron chi connectivity index (χ2n) is 7.06. The van der Waals surface area contributed by atoms with Crippen LogP contribution in [0.5, 0.6) is 0 Å². The van der Waals surface area contributed by atoms with E-state index in [0.29, 0.717) is 12.8 Å². The number of carboxylic acids is 2. The van der Waals surface area contributed by atoms with E-state index in [0.717, 1.165) is 0 Å². The van der Waals surface area contributed by atoms with Crippen molar-refractivity contribution < 1.29 is 34.2 Å².